The maximum absolute atomic E-state index is 11.9. The third-order valence-corrected chi connectivity index (χ3v) is 3.23. The van der Waals surface area contributed by atoms with Crippen molar-refractivity contribution in [3.8, 4) is 11.8 Å². The molecule has 0 bridgehead atoms. The van der Waals surface area contributed by atoms with Gasteiger partial charge in [0.15, 0.2) is 0 Å². The lowest BCUT2D eigenvalue weighted by atomic mass is 10.1. The van der Waals surface area contributed by atoms with Gasteiger partial charge in [0.25, 0.3) is 5.91 Å². The topological polar surface area (TPSA) is 62.2 Å². The number of amides is 1. The summed E-state index contributed by atoms with van der Waals surface area (Å²) in [6, 6.07) is 5.64. The zero-order chi connectivity index (χ0) is 14.4. The molecule has 0 saturated heterocycles. The second kappa shape index (κ2) is 6.85. The van der Waals surface area contributed by atoms with Gasteiger partial charge in [-0.05, 0) is 30.7 Å². The summed E-state index contributed by atoms with van der Waals surface area (Å²) in [5, 5.41) is 11.5. The number of aromatic nitrogens is 1. The highest BCUT2D eigenvalue weighted by Gasteiger charge is 2.08. The van der Waals surface area contributed by atoms with E-state index in [1.165, 1.54) is 17.5 Å². The van der Waals surface area contributed by atoms with E-state index in [0.717, 1.165) is 11.1 Å². The lowest BCUT2D eigenvalue weighted by Crippen LogP contribution is -2.10. The Morgan fingerprint density at radius 1 is 1.45 bits per heavy atom. The Morgan fingerprint density at radius 2 is 2.30 bits per heavy atom. The zero-order valence-corrected chi connectivity index (χ0v) is 11.8. The minimum absolute atomic E-state index is 0.0494. The van der Waals surface area contributed by atoms with Gasteiger partial charge < -0.3 is 10.4 Å². The Kier molecular flexibility index (Phi) is 4.88. The van der Waals surface area contributed by atoms with Crippen LogP contribution in [0.5, 0.6) is 0 Å². The maximum Gasteiger partial charge on any atom is 0.267 e. The van der Waals surface area contributed by atoms with E-state index in [2.05, 4.69) is 22.1 Å². The molecule has 5 heteroatoms. The first-order valence-corrected chi connectivity index (χ1v) is 6.98. The van der Waals surface area contributed by atoms with Crippen LogP contribution >= 0.6 is 11.3 Å². The van der Waals surface area contributed by atoms with Crippen LogP contribution in [0, 0.1) is 18.8 Å². The first kappa shape index (κ1) is 14.3. The molecule has 0 unspecified atom stereocenters. The minimum Gasteiger partial charge on any atom is -0.395 e. The van der Waals surface area contributed by atoms with Crippen LogP contribution in [-0.2, 0) is 0 Å². The Bertz CT molecular complexity index is 654. The third kappa shape index (κ3) is 3.92. The van der Waals surface area contributed by atoms with E-state index in [1.54, 1.807) is 5.51 Å². The number of nitrogens with zero attached hydrogens (tertiary/aromatic N) is 1. The predicted octanol–water partition coefficient (Wildman–Crippen LogP) is 2.44. The molecule has 0 fully saturated rings. The number of aliphatic hydroxyl groups excluding tert-OH is 1. The molecule has 0 spiro atoms. The van der Waals surface area contributed by atoms with Crippen molar-refractivity contribution in [1.82, 2.24) is 4.98 Å². The molecular formula is C15H14N2O2S. The van der Waals surface area contributed by atoms with E-state index in [1.807, 2.05) is 25.1 Å². The summed E-state index contributed by atoms with van der Waals surface area (Å²) >= 11 is 1.30. The fourth-order valence-corrected chi connectivity index (χ4v) is 2.18. The minimum atomic E-state index is -0.174. The van der Waals surface area contributed by atoms with Crippen LogP contribution in [0.3, 0.4) is 0 Å². The molecule has 0 saturated carbocycles. The zero-order valence-electron chi connectivity index (χ0n) is 11.0. The van der Waals surface area contributed by atoms with Crippen molar-refractivity contribution >= 4 is 22.9 Å². The number of anilines is 1. The first-order valence-electron chi connectivity index (χ1n) is 6.10. The summed E-state index contributed by atoms with van der Waals surface area (Å²) < 4.78 is 0. The van der Waals surface area contributed by atoms with Crippen molar-refractivity contribution in [2.45, 2.75) is 13.3 Å². The van der Waals surface area contributed by atoms with Crippen LogP contribution in [0.15, 0.2) is 29.9 Å². The number of hydrogen-bond acceptors (Lipinski definition) is 4. The molecule has 0 aliphatic rings. The monoisotopic (exact) mass is 286 g/mol. The molecule has 4 nitrogen and oxygen atoms in total. The van der Waals surface area contributed by atoms with Crippen LogP contribution in [0.1, 0.15) is 27.2 Å². The van der Waals surface area contributed by atoms with Crippen LogP contribution in [0.25, 0.3) is 0 Å². The molecule has 0 aliphatic heterocycles. The molecule has 2 aromatic rings. The van der Waals surface area contributed by atoms with Crippen molar-refractivity contribution in [2.24, 2.45) is 0 Å². The van der Waals surface area contributed by atoms with Gasteiger partial charge in [-0.1, -0.05) is 11.8 Å². The Balaban J connectivity index is 2.16. The number of thiazole rings is 1. The van der Waals surface area contributed by atoms with Gasteiger partial charge >= 0.3 is 0 Å². The average molecular weight is 286 g/mol. The fraction of sp³-hybridized carbons (Fsp3) is 0.200. The Hall–Kier alpha value is -2.16. The summed E-state index contributed by atoms with van der Waals surface area (Å²) in [5.41, 5.74) is 4.16. The Morgan fingerprint density at radius 3 is 3.00 bits per heavy atom. The third-order valence-electron chi connectivity index (χ3n) is 2.46. The number of aryl methyl sites for hydroxylation is 1. The van der Waals surface area contributed by atoms with Gasteiger partial charge in [-0.3, -0.25) is 9.78 Å². The van der Waals surface area contributed by atoms with E-state index in [4.69, 9.17) is 5.11 Å². The van der Waals surface area contributed by atoms with Crippen LogP contribution < -0.4 is 5.32 Å². The van der Waals surface area contributed by atoms with Gasteiger partial charge in [0.2, 0.25) is 0 Å². The SMILES string of the molecule is Cc1cc(C#CCCO)cc(NC(=O)c2cncs2)c1. The summed E-state index contributed by atoms with van der Waals surface area (Å²) in [6.07, 6.45) is 1.98. The summed E-state index contributed by atoms with van der Waals surface area (Å²) in [4.78, 5) is 16.4. The van der Waals surface area contributed by atoms with Gasteiger partial charge in [-0.25, -0.2) is 0 Å². The van der Waals surface area contributed by atoms with Gasteiger partial charge in [-0.15, -0.1) is 11.3 Å². The highest BCUT2D eigenvalue weighted by atomic mass is 32.1. The molecule has 0 aliphatic carbocycles. The first-order chi connectivity index (χ1) is 9.69. The molecular weight excluding hydrogens is 272 g/mol. The molecule has 1 heterocycles. The van der Waals surface area contributed by atoms with Gasteiger partial charge in [-0.2, -0.15) is 0 Å². The average Bonchev–Trinajstić information content (AvgIpc) is 2.92. The normalized spacial score (nSPS) is 9.70. The summed E-state index contributed by atoms with van der Waals surface area (Å²) in [6.45, 7) is 1.99. The molecule has 1 aromatic heterocycles. The van der Waals surface area contributed by atoms with Crippen molar-refractivity contribution in [2.75, 3.05) is 11.9 Å². The standard InChI is InChI=1S/C15H14N2O2S/c1-11-6-12(4-2-3-5-18)8-13(7-11)17-15(19)14-9-16-10-20-14/h6-10,18H,3,5H2,1H3,(H,17,19). The molecule has 1 amide bonds. The largest absolute Gasteiger partial charge is 0.395 e. The lowest BCUT2D eigenvalue weighted by molar-refractivity contribution is 0.103. The van der Waals surface area contributed by atoms with Crippen molar-refractivity contribution < 1.29 is 9.90 Å². The van der Waals surface area contributed by atoms with Crippen molar-refractivity contribution in [3.05, 3.63) is 45.9 Å². The highest BCUT2D eigenvalue weighted by Crippen LogP contribution is 2.16. The molecule has 102 valence electrons. The van der Waals surface area contributed by atoms with E-state index < -0.39 is 0 Å². The number of aliphatic hydroxyl groups is 1. The van der Waals surface area contributed by atoms with E-state index in [0.29, 0.717) is 17.0 Å². The number of carbonyl (C=O) groups excluding carboxylic acids is 1. The predicted molar refractivity (Wildman–Crippen MR) is 79.8 cm³/mol. The molecule has 2 rings (SSSR count). The number of hydrogen-bond donors (Lipinski definition) is 2. The molecule has 20 heavy (non-hydrogen) atoms. The van der Waals surface area contributed by atoms with Gasteiger partial charge in [0.1, 0.15) is 4.88 Å². The van der Waals surface area contributed by atoms with Crippen molar-refractivity contribution in [3.63, 3.8) is 0 Å². The number of benzene rings is 1. The second-order valence-corrected chi connectivity index (χ2v) is 5.07. The molecule has 1 aromatic carbocycles. The van der Waals surface area contributed by atoms with E-state index in [-0.39, 0.29) is 12.5 Å². The maximum atomic E-state index is 11.9. The molecule has 0 radical (unpaired) electrons. The van der Waals surface area contributed by atoms with Crippen molar-refractivity contribution in [1.29, 1.82) is 0 Å². The second-order valence-electron chi connectivity index (χ2n) is 4.18. The Labute approximate surface area is 121 Å². The highest BCUT2D eigenvalue weighted by molar-refractivity contribution is 7.11. The van der Waals surface area contributed by atoms with Crippen LogP contribution in [0.4, 0.5) is 5.69 Å². The summed E-state index contributed by atoms with van der Waals surface area (Å²) in [5.74, 6) is 5.66. The fourth-order valence-electron chi connectivity index (χ4n) is 1.67. The van der Waals surface area contributed by atoms with Crippen LogP contribution in [-0.4, -0.2) is 22.6 Å². The van der Waals surface area contributed by atoms with E-state index >= 15 is 0 Å². The molecule has 0 atom stereocenters. The number of nitrogens with one attached hydrogen (secondary N) is 1. The quantitative estimate of drug-likeness (QED) is 0.852. The van der Waals surface area contributed by atoms with Gasteiger partial charge in [0.05, 0.1) is 18.3 Å². The number of rotatable bonds is 3. The number of carbonyl (C=O) groups is 1. The van der Waals surface area contributed by atoms with E-state index in [9.17, 15) is 4.79 Å². The van der Waals surface area contributed by atoms with Gasteiger partial charge in [0, 0.05) is 17.7 Å². The van der Waals surface area contributed by atoms with Crippen LogP contribution in [0.2, 0.25) is 0 Å². The summed E-state index contributed by atoms with van der Waals surface area (Å²) in [7, 11) is 0. The smallest absolute Gasteiger partial charge is 0.267 e. The lowest BCUT2D eigenvalue weighted by Gasteiger charge is -2.05. The molecule has 2 N–H and O–H groups in total.